The molecule has 0 aliphatic heterocycles. The highest BCUT2D eigenvalue weighted by atomic mass is 16.6. The molecule has 1 unspecified atom stereocenters. The molecule has 0 radical (unpaired) electrons. The van der Waals surface area contributed by atoms with Crippen LogP contribution in [0.4, 0.5) is 0 Å². The van der Waals surface area contributed by atoms with Gasteiger partial charge in [-0.25, -0.2) is 0 Å². The number of allylic oxidation sites excluding steroid dienone is 14. The van der Waals surface area contributed by atoms with Gasteiger partial charge in [-0.05, 0) is 103 Å². The Kier molecular flexibility index (Phi) is 65.2. The van der Waals surface area contributed by atoms with E-state index < -0.39 is 6.10 Å². The van der Waals surface area contributed by atoms with E-state index in [0.717, 1.165) is 70.6 Å². The zero-order chi connectivity index (χ0) is 57.8. The molecule has 6 nitrogen and oxygen atoms in total. The van der Waals surface area contributed by atoms with Crippen LogP contribution in [-0.4, -0.2) is 37.2 Å². The molecule has 0 aliphatic carbocycles. The second kappa shape index (κ2) is 68.1. The fraction of sp³-hybridized carbons (Fsp3) is 0.770. The van der Waals surface area contributed by atoms with Gasteiger partial charge < -0.3 is 14.2 Å². The van der Waals surface area contributed by atoms with Crippen LogP contribution in [-0.2, 0) is 28.6 Å². The van der Waals surface area contributed by atoms with Crippen LogP contribution < -0.4 is 0 Å². The van der Waals surface area contributed by atoms with Crippen molar-refractivity contribution < 1.29 is 28.6 Å². The Labute approximate surface area is 496 Å². The lowest BCUT2D eigenvalue weighted by molar-refractivity contribution is -0.166. The van der Waals surface area contributed by atoms with E-state index in [2.05, 4.69) is 99.8 Å². The van der Waals surface area contributed by atoms with Crippen LogP contribution in [0.1, 0.15) is 348 Å². The SMILES string of the molecule is CC/C=C\C/C=C\C/C=C\C/C=C\CCC(=O)OCC(COC(=O)CCCCCCCCCCCCCCCCCCCCC/C=C\C/C=C\CCCCCCC)OC(=O)CCCCCCCCC/C=C\CCCCCCCCC. The maximum absolute atomic E-state index is 12.9. The monoisotopic (exact) mass is 1110 g/mol. The van der Waals surface area contributed by atoms with Crippen LogP contribution in [0, 0.1) is 0 Å². The molecule has 0 fully saturated rings. The summed E-state index contributed by atoms with van der Waals surface area (Å²) in [5.74, 6) is -0.972. The summed E-state index contributed by atoms with van der Waals surface area (Å²) in [4.78, 5) is 38.3. The highest BCUT2D eigenvalue weighted by Gasteiger charge is 2.19. The van der Waals surface area contributed by atoms with Crippen molar-refractivity contribution in [1.29, 1.82) is 0 Å². The third-order valence-electron chi connectivity index (χ3n) is 15.1. The van der Waals surface area contributed by atoms with Crippen molar-refractivity contribution in [2.24, 2.45) is 0 Å². The number of rotatable bonds is 63. The third-order valence-corrected chi connectivity index (χ3v) is 15.1. The number of carbonyl (C=O) groups is 3. The summed E-state index contributed by atoms with van der Waals surface area (Å²) in [6.45, 7) is 6.48. The highest BCUT2D eigenvalue weighted by Crippen LogP contribution is 2.17. The predicted octanol–water partition coefficient (Wildman–Crippen LogP) is 23.8. The lowest BCUT2D eigenvalue weighted by Crippen LogP contribution is -2.30. The van der Waals surface area contributed by atoms with Crippen LogP contribution in [0.5, 0.6) is 0 Å². The zero-order valence-electron chi connectivity index (χ0n) is 53.1. The average molecular weight is 1120 g/mol. The topological polar surface area (TPSA) is 78.9 Å². The molecule has 0 amide bonds. The van der Waals surface area contributed by atoms with Crippen LogP contribution >= 0.6 is 0 Å². The van der Waals surface area contributed by atoms with Gasteiger partial charge in [-0.2, -0.15) is 0 Å². The Morgan fingerprint density at radius 2 is 0.512 bits per heavy atom. The van der Waals surface area contributed by atoms with Crippen molar-refractivity contribution in [2.75, 3.05) is 13.2 Å². The molecule has 0 aromatic heterocycles. The summed E-state index contributed by atoms with van der Waals surface area (Å²) in [5, 5.41) is 0. The molecular weight excluding hydrogens is 985 g/mol. The first-order valence-electron chi connectivity index (χ1n) is 34.6. The summed E-state index contributed by atoms with van der Waals surface area (Å²) in [7, 11) is 0. The van der Waals surface area contributed by atoms with Gasteiger partial charge in [0.1, 0.15) is 13.2 Å². The van der Waals surface area contributed by atoms with Crippen molar-refractivity contribution in [1.82, 2.24) is 0 Å². The van der Waals surface area contributed by atoms with Crippen LogP contribution in [0.2, 0.25) is 0 Å². The van der Waals surface area contributed by atoms with Crippen LogP contribution in [0.3, 0.4) is 0 Å². The summed E-state index contributed by atoms with van der Waals surface area (Å²) < 4.78 is 16.9. The van der Waals surface area contributed by atoms with E-state index in [4.69, 9.17) is 14.2 Å². The average Bonchev–Trinajstić information content (AvgIpc) is 3.46. The number of carbonyl (C=O) groups excluding carboxylic acids is 3. The van der Waals surface area contributed by atoms with Gasteiger partial charge in [-0.1, -0.05) is 311 Å². The van der Waals surface area contributed by atoms with E-state index >= 15 is 0 Å². The molecule has 0 spiro atoms. The lowest BCUT2D eigenvalue weighted by atomic mass is 10.0. The number of hydrogen-bond acceptors (Lipinski definition) is 6. The smallest absolute Gasteiger partial charge is 0.306 e. The van der Waals surface area contributed by atoms with Crippen molar-refractivity contribution in [3.63, 3.8) is 0 Å². The number of esters is 3. The van der Waals surface area contributed by atoms with E-state index in [-0.39, 0.29) is 37.5 Å². The molecule has 80 heavy (non-hydrogen) atoms. The van der Waals surface area contributed by atoms with Gasteiger partial charge in [0.05, 0.1) is 0 Å². The Hall–Kier alpha value is -3.41. The number of unbranched alkanes of at least 4 members (excludes halogenated alkanes) is 38. The molecule has 0 saturated heterocycles. The fourth-order valence-corrected chi connectivity index (χ4v) is 9.96. The summed E-state index contributed by atoms with van der Waals surface area (Å²) in [6, 6.07) is 0. The van der Waals surface area contributed by atoms with Gasteiger partial charge in [-0.15, -0.1) is 0 Å². The van der Waals surface area contributed by atoms with E-state index in [1.165, 1.54) is 231 Å². The molecular formula is C74H130O6. The van der Waals surface area contributed by atoms with Gasteiger partial charge in [0, 0.05) is 19.3 Å². The third kappa shape index (κ3) is 65.4. The lowest BCUT2D eigenvalue weighted by Gasteiger charge is -2.18. The quantitative estimate of drug-likeness (QED) is 0.0261. The molecule has 6 heteroatoms. The molecule has 462 valence electrons. The summed E-state index contributed by atoms with van der Waals surface area (Å²) in [6.07, 6.45) is 90.7. The van der Waals surface area contributed by atoms with E-state index in [1.54, 1.807) is 0 Å². The molecule has 0 aromatic carbocycles. The molecule has 0 N–H and O–H groups in total. The fourth-order valence-electron chi connectivity index (χ4n) is 9.96. The minimum Gasteiger partial charge on any atom is -0.462 e. The van der Waals surface area contributed by atoms with Gasteiger partial charge in [0.25, 0.3) is 0 Å². The molecule has 0 bridgehead atoms. The Morgan fingerprint density at radius 3 is 0.850 bits per heavy atom. The molecule has 0 rings (SSSR count). The highest BCUT2D eigenvalue weighted by molar-refractivity contribution is 5.71. The van der Waals surface area contributed by atoms with Gasteiger partial charge >= 0.3 is 17.9 Å². The van der Waals surface area contributed by atoms with Crippen molar-refractivity contribution in [3.8, 4) is 0 Å². The second-order valence-corrected chi connectivity index (χ2v) is 23.1. The molecule has 1 atom stereocenters. The first kappa shape index (κ1) is 76.6. The molecule has 0 aromatic rings. The van der Waals surface area contributed by atoms with Gasteiger partial charge in [0.2, 0.25) is 0 Å². The molecule has 0 saturated carbocycles. The Morgan fingerprint density at radius 1 is 0.263 bits per heavy atom. The van der Waals surface area contributed by atoms with Gasteiger partial charge in [-0.3, -0.25) is 14.4 Å². The molecule has 0 aliphatic rings. The number of hydrogen-bond donors (Lipinski definition) is 0. The van der Waals surface area contributed by atoms with Crippen molar-refractivity contribution in [3.05, 3.63) is 85.1 Å². The van der Waals surface area contributed by atoms with E-state index in [1.807, 2.05) is 6.08 Å². The minimum atomic E-state index is -0.807. The number of ether oxygens (including phenoxy) is 3. The summed E-state index contributed by atoms with van der Waals surface area (Å²) >= 11 is 0. The standard InChI is InChI=1S/C74H130O6/c1-4-7-10-13-16-19-22-25-27-29-31-32-33-34-35-36-37-38-39-40-41-42-43-45-46-49-52-55-58-61-64-67-73(76)79-70-71(69-78-72(75)66-63-60-57-54-51-48-24-21-18-15-12-9-6-3)80-74(77)68-65-62-59-56-53-50-47-44-30-28-26-23-20-17-14-11-8-5-2/h9,12,18,21-22,25,28-31,48,51,57,60,71H,4-8,10-11,13-17,19-20,23-24,26-27,32-47,49-50,52-56,58-59,61-70H2,1-3H3/b12-9-,21-18-,25-22-,30-28-,31-29-,51-48-,60-57-. The first-order valence-corrected chi connectivity index (χ1v) is 34.6. The normalized spacial score (nSPS) is 12.6. The van der Waals surface area contributed by atoms with Crippen molar-refractivity contribution in [2.45, 2.75) is 354 Å². The Balaban J connectivity index is 4.21. The largest absolute Gasteiger partial charge is 0.462 e. The summed E-state index contributed by atoms with van der Waals surface area (Å²) in [5.41, 5.74) is 0. The van der Waals surface area contributed by atoms with Crippen LogP contribution in [0.15, 0.2) is 85.1 Å². The zero-order valence-corrected chi connectivity index (χ0v) is 53.1. The maximum Gasteiger partial charge on any atom is 0.306 e. The molecule has 0 heterocycles. The van der Waals surface area contributed by atoms with Crippen molar-refractivity contribution >= 4 is 17.9 Å². The maximum atomic E-state index is 12.9. The van der Waals surface area contributed by atoms with Gasteiger partial charge in [0.15, 0.2) is 6.10 Å². The first-order chi connectivity index (χ1) is 39.5. The van der Waals surface area contributed by atoms with E-state index in [0.29, 0.717) is 19.3 Å². The van der Waals surface area contributed by atoms with Crippen LogP contribution in [0.25, 0.3) is 0 Å². The Bertz CT molecular complexity index is 1520. The predicted molar refractivity (Wildman–Crippen MR) is 348 cm³/mol. The second-order valence-electron chi connectivity index (χ2n) is 23.1. The van der Waals surface area contributed by atoms with E-state index in [9.17, 15) is 14.4 Å². The minimum absolute atomic E-state index is 0.0974.